The molecule has 0 aromatic heterocycles. The topological polar surface area (TPSA) is 55.4 Å². The molecule has 4 nitrogen and oxygen atoms in total. The molecule has 0 unspecified atom stereocenters. The van der Waals surface area contributed by atoms with Crippen LogP contribution in [0.4, 0.5) is 10.1 Å². The number of hydrogen-bond acceptors (Lipinski definition) is 3. The van der Waals surface area contributed by atoms with Gasteiger partial charge in [-0.25, -0.2) is 9.18 Å². The molecule has 0 aliphatic heterocycles. The highest BCUT2D eigenvalue weighted by molar-refractivity contribution is 5.94. The Morgan fingerprint density at radius 2 is 1.74 bits per heavy atom. The van der Waals surface area contributed by atoms with Crippen molar-refractivity contribution in [3.8, 4) is 0 Å². The smallest absolute Gasteiger partial charge is 0.331 e. The van der Waals surface area contributed by atoms with Gasteiger partial charge in [0.2, 0.25) is 0 Å². The molecule has 0 aliphatic carbocycles. The van der Waals surface area contributed by atoms with Crippen molar-refractivity contribution >= 4 is 23.6 Å². The summed E-state index contributed by atoms with van der Waals surface area (Å²) in [6.45, 7) is 1.57. The number of nitrogens with one attached hydrogen (secondary N) is 1. The second-order valence-electron chi connectivity index (χ2n) is 4.91. The average Bonchev–Trinajstić information content (AvgIpc) is 2.54. The van der Waals surface area contributed by atoms with E-state index < -0.39 is 11.9 Å². The fraction of sp³-hybridized carbons (Fsp3) is 0.111. The van der Waals surface area contributed by atoms with Gasteiger partial charge in [-0.3, -0.25) is 4.79 Å². The minimum atomic E-state index is -0.645. The Kier molecular flexibility index (Phi) is 5.63. The van der Waals surface area contributed by atoms with E-state index in [4.69, 9.17) is 4.74 Å². The Morgan fingerprint density at radius 3 is 2.39 bits per heavy atom. The SMILES string of the molecule is Cc1ccc(NC(=O)COC(=O)/C=C/c2ccc(F)cc2)cc1. The standard InChI is InChI=1S/C18H16FNO3/c1-13-2-9-16(10-3-13)20-17(21)12-23-18(22)11-6-14-4-7-15(19)8-5-14/h2-11H,12H2,1H3,(H,20,21)/b11-6+. The van der Waals surface area contributed by atoms with Crippen LogP contribution in [0.15, 0.2) is 54.6 Å². The van der Waals surface area contributed by atoms with Gasteiger partial charge in [-0.05, 0) is 42.8 Å². The predicted octanol–water partition coefficient (Wildman–Crippen LogP) is 3.33. The van der Waals surface area contributed by atoms with Crippen molar-refractivity contribution in [2.24, 2.45) is 0 Å². The van der Waals surface area contributed by atoms with E-state index in [0.717, 1.165) is 5.56 Å². The first kappa shape index (κ1) is 16.4. The molecule has 2 rings (SSSR count). The Labute approximate surface area is 133 Å². The lowest BCUT2D eigenvalue weighted by Gasteiger charge is -2.05. The first-order chi connectivity index (χ1) is 11.0. The summed E-state index contributed by atoms with van der Waals surface area (Å²) >= 11 is 0. The summed E-state index contributed by atoms with van der Waals surface area (Å²) in [5.41, 5.74) is 2.38. The molecule has 5 heteroatoms. The molecule has 2 aromatic carbocycles. The fourth-order valence-electron chi connectivity index (χ4n) is 1.76. The summed E-state index contributed by atoms with van der Waals surface area (Å²) in [5, 5.41) is 2.62. The monoisotopic (exact) mass is 313 g/mol. The third-order valence-electron chi connectivity index (χ3n) is 2.96. The van der Waals surface area contributed by atoms with Crippen molar-refractivity contribution in [3.63, 3.8) is 0 Å². The maximum Gasteiger partial charge on any atom is 0.331 e. The van der Waals surface area contributed by atoms with Crippen LogP contribution in [0.1, 0.15) is 11.1 Å². The predicted molar refractivity (Wildman–Crippen MR) is 86.2 cm³/mol. The number of aryl methyl sites for hydroxylation is 1. The number of benzene rings is 2. The van der Waals surface area contributed by atoms with Gasteiger partial charge in [0.25, 0.3) is 5.91 Å². The lowest BCUT2D eigenvalue weighted by atomic mass is 10.2. The quantitative estimate of drug-likeness (QED) is 0.680. The third kappa shape index (κ3) is 5.74. The Morgan fingerprint density at radius 1 is 1.09 bits per heavy atom. The van der Waals surface area contributed by atoms with Crippen LogP contribution in [0, 0.1) is 12.7 Å². The molecule has 23 heavy (non-hydrogen) atoms. The van der Waals surface area contributed by atoms with Crippen LogP contribution in [-0.2, 0) is 14.3 Å². The summed E-state index contributed by atoms with van der Waals surface area (Å²) in [4.78, 5) is 23.2. The molecule has 118 valence electrons. The van der Waals surface area contributed by atoms with Gasteiger partial charge in [-0.15, -0.1) is 0 Å². The van der Waals surface area contributed by atoms with E-state index >= 15 is 0 Å². The van der Waals surface area contributed by atoms with Crippen molar-refractivity contribution in [3.05, 3.63) is 71.6 Å². The van der Waals surface area contributed by atoms with Gasteiger partial charge in [0.15, 0.2) is 6.61 Å². The van der Waals surface area contributed by atoms with Crippen LogP contribution >= 0.6 is 0 Å². The molecule has 0 bridgehead atoms. The van der Waals surface area contributed by atoms with Crippen molar-refractivity contribution in [2.75, 3.05) is 11.9 Å². The van der Waals surface area contributed by atoms with E-state index in [9.17, 15) is 14.0 Å². The minimum Gasteiger partial charge on any atom is -0.452 e. The molecule has 0 atom stereocenters. The number of esters is 1. The molecule has 0 spiro atoms. The van der Waals surface area contributed by atoms with Gasteiger partial charge in [-0.2, -0.15) is 0 Å². The van der Waals surface area contributed by atoms with Crippen LogP contribution in [0.5, 0.6) is 0 Å². The molecular formula is C18H16FNO3. The van der Waals surface area contributed by atoms with Gasteiger partial charge in [0.1, 0.15) is 5.82 Å². The van der Waals surface area contributed by atoms with Crippen LogP contribution in [-0.4, -0.2) is 18.5 Å². The maximum absolute atomic E-state index is 12.7. The molecule has 0 saturated carbocycles. The van der Waals surface area contributed by atoms with Crippen LogP contribution in [0.2, 0.25) is 0 Å². The fourth-order valence-corrected chi connectivity index (χ4v) is 1.76. The number of carbonyl (C=O) groups excluding carboxylic acids is 2. The van der Waals surface area contributed by atoms with Gasteiger partial charge in [0, 0.05) is 11.8 Å². The molecule has 0 radical (unpaired) electrons. The zero-order chi connectivity index (χ0) is 16.7. The van der Waals surface area contributed by atoms with Gasteiger partial charge in [-0.1, -0.05) is 29.8 Å². The second kappa shape index (κ2) is 7.89. The minimum absolute atomic E-state index is 0.350. The van der Waals surface area contributed by atoms with Crippen molar-refractivity contribution < 1.29 is 18.7 Å². The summed E-state index contributed by atoms with van der Waals surface area (Å²) in [6, 6.07) is 12.9. The molecule has 0 aliphatic rings. The molecular weight excluding hydrogens is 297 g/mol. The molecule has 0 heterocycles. The number of ether oxygens (including phenoxy) is 1. The van der Waals surface area contributed by atoms with Crippen molar-refractivity contribution in [1.82, 2.24) is 0 Å². The van der Waals surface area contributed by atoms with E-state index in [1.54, 1.807) is 12.1 Å². The van der Waals surface area contributed by atoms with E-state index in [2.05, 4.69) is 5.32 Å². The number of halogens is 1. The largest absolute Gasteiger partial charge is 0.452 e. The van der Waals surface area contributed by atoms with Gasteiger partial charge in [0.05, 0.1) is 0 Å². The highest BCUT2D eigenvalue weighted by Gasteiger charge is 2.05. The molecule has 0 saturated heterocycles. The number of carbonyl (C=O) groups is 2. The zero-order valence-corrected chi connectivity index (χ0v) is 12.6. The Bertz CT molecular complexity index is 706. The highest BCUT2D eigenvalue weighted by Crippen LogP contribution is 2.08. The molecule has 2 aromatic rings. The highest BCUT2D eigenvalue weighted by atomic mass is 19.1. The Balaban J connectivity index is 1.78. The van der Waals surface area contributed by atoms with Crippen molar-refractivity contribution in [2.45, 2.75) is 6.92 Å². The lowest BCUT2D eigenvalue weighted by Crippen LogP contribution is -2.20. The summed E-state index contributed by atoms with van der Waals surface area (Å²) in [5.74, 6) is -1.41. The average molecular weight is 313 g/mol. The Hall–Kier alpha value is -2.95. The number of amides is 1. The van der Waals surface area contributed by atoms with E-state index in [-0.39, 0.29) is 12.4 Å². The third-order valence-corrected chi connectivity index (χ3v) is 2.96. The van der Waals surface area contributed by atoms with Crippen LogP contribution < -0.4 is 5.32 Å². The van der Waals surface area contributed by atoms with Crippen molar-refractivity contribution in [1.29, 1.82) is 0 Å². The number of hydrogen-bond donors (Lipinski definition) is 1. The van der Waals surface area contributed by atoms with Crippen LogP contribution in [0.25, 0.3) is 6.08 Å². The molecule has 1 N–H and O–H groups in total. The lowest BCUT2D eigenvalue weighted by molar-refractivity contribution is -0.142. The maximum atomic E-state index is 12.7. The normalized spacial score (nSPS) is 10.5. The second-order valence-corrected chi connectivity index (χ2v) is 4.91. The number of anilines is 1. The zero-order valence-electron chi connectivity index (χ0n) is 12.6. The first-order valence-corrected chi connectivity index (χ1v) is 7.00. The number of rotatable bonds is 5. The molecule has 0 fully saturated rings. The van der Waals surface area contributed by atoms with Gasteiger partial charge < -0.3 is 10.1 Å². The van der Waals surface area contributed by atoms with E-state index in [1.165, 1.54) is 36.4 Å². The van der Waals surface area contributed by atoms with Crippen LogP contribution in [0.3, 0.4) is 0 Å². The first-order valence-electron chi connectivity index (χ1n) is 7.00. The summed E-state index contributed by atoms with van der Waals surface area (Å²) < 4.78 is 17.6. The van der Waals surface area contributed by atoms with E-state index in [0.29, 0.717) is 11.3 Å². The summed E-state index contributed by atoms with van der Waals surface area (Å²) in [7, 11) is 0. The summed E-state index contributed by atoms with van der Waals surface area (Å²) in [6.07, 6.45) is 2.67. The van der Waals surface area contributed by atoms with E-state index in [1.807, 2.05) is 19.1 Å². The van der Waals surface area contributed by atoms with Gasteiger partial charge >= 0.3 is 5.97 Å². The molecule has 1 amide bonds.